The number of primary sulfonamides is 1. The van der Waals surface area contributed by atoms with Gasteiger partial charge in [0.05, 0.1) is 11.7 Å². The van der Waals surface area contributed by atoms with E-state index in [1.54, 1.807) is 18.3 Å². The van der Waals surface area contributed by atoms with E-state index in [9.17, 15) is 13.2 Å². The van der Waals surface area contributed by atoms with E-state index in [4.69, 9.17) is 9.88 Å². The fourth-order valence-electron chi connectivity index (χ4n) is 4.34. The van der Waals surface area contributed by atoms with Crippen LogP contribution in [-0.4, -0.2) is 47.1 Å². The van der Waals surface area contributed by atoms with Crippen LogP contribution in [0.25, 0.3) is 0 Å². The van der Waals surface area contributed by atoms with E-state index in [0.29, 0.717) is 18.8 Å². The van der Waals surface area contributed by atoms with Crippen LogP contribution in [0, 0.1) is 5.92 Å². The topological polar surface area (TPSA) is 128 Å². The third-order valence-corrected chi connectivity index (χ3v) is 7.16. The van der Waals surface area contributed by atoms with Crippen molar-refractivity contribution in [2.45, 2.75) is 76.1 Å². The van der Waals surface area contributed by atoms with Crippen LogP contribution in [0.2, 0.25) is 0 Å². The minimum atomic E-state index is -3.92. The molecule has 11 heteroatoms. The van der Waals surface area contributed by atoms with E-state index in [1.165, 1.54) is 6.07 Å². The van der Waals surface area contributed by atoms with Gasteiger partial charge in [-0.15, -0.1) is 0 Å². The fraction of sp³-hybridized carbons (Fsp3) is 0.542. The van der Waals surface area contributed by atoms with Crippen molar-refractivity contribution in [2.24, 2.45) is 11.1 Å². The normalized spacial score (nSPS) is 18.8. The Kier molecular flexibility index (Phi) is 8.12. The molecule has 192 valence electrons. The van der Waals surface area contributed by atoms with E-state index in [-0.39, 0.29) is 28.6 Å². The molecule has 3 rings (SSSR count). The molecule has 1 amide bonds. The predicted molar refractivity (Wildman–Crippen MR) is 138 cm³/mol. The Balaban J connectivity index is 1.75. The number of hydrogen-bond acceptors (Lipinski definition) is 7. The average Bonchev–Trinajstić information content (AvgIpc) is 3.04. The van der Waals surface area contributed by atoms with Gasteiger partial charge in [0.15, 0.2) is 5.03 Å². The van der Waals surface area contributed by atoms with Crippen molar-refractivity contribution >= 4 is 37.9 Å². The second kappa shape index (κ2) is 10.4. The minimum Gasteiger partial charge on any atom is -0.444 e. The molecule has 1 saturated heterocycles. The summed E-state index contributed by atoms with van der Waals surface area (Å²) in [5.41, 5.74) is -0.0549. The van der Waals surface area contributed by atoms with Crippen molar-refractivity contribution in [1.82, 2.24) is 14.9 Å². The molecule has 1 aliphatic heterocycles. The zero-order valence-corrected chi connectivity index (χ0v) is 23.2. The molecule has 3 heterocycles. The lowest BCUT2D eigenvalue weighted by atomic mass is 9.91. The molecular weight excluding hydrogens is 534 g/mol. The molecule has 35 heavy (non-hydrogen) atoms. The highest BCUT2D eigenvalue weighted by Gasteiger charge is 2.42. The summed E-state index contributed by atoms with van der Waals surface area (Å²) in [5, 5.41) is 8.37. The number of nitrogens with two attached hydrogens (primary N) is 1. The van der Waals surface area contributed by atoms with Gasteiger partial charge in [0.1, 0.15) is 11.4 Å². The van der Waals surface area contributed by atoms with Crippen molar-refractivity contribution in [2.75, 3.05) is 11.9 Å². The van der Waals surface area contributed by atoms with Gasteiger partial charge >= 0.3 is 6.09 Å². The summed E-state index contributed by atoms with van der Waals surface area (Å²) in [6.45, 7) is 10.3. The number of rotatable bonds is 7. The molecule has 0 bridgehead atoms. The first-order valence-corrected chi connectivity index (χ1v) is 13.9. The lowest BCUT2D eigenvalue weighted by Crippen LogP contribution is -2.45. The summed E-state index contributed by atoms with van der Waals surface area (Å²) < 4.78 is 30.0. The Morgan fingerprint density at radius 3 is 2.63 bits per heavy atom. The second-order valence-electron chi connectivity index (χ2n) is 10.6. The largest absolute Gasteiger partial charge is 0.444 e. The first-order chi connectivity index (χ1) is 16.1. The SMILES string of the molecule is CC(C)(C)OC(=O)N1C[C@@H](CCC(Nc2cccc(S(N)(=O)=O)n2)c2ccc(Br)cn2)CC1(C)C. The Labute approximate surface area is 216 Å². The molecular formula is C24H34BrN5O4S. The molecule has 1 unspecified atom stereocenters. The Hall–Kier alpha value is -2.24. The summed E-state index contributed by atoms with van der Waals surface area (Å²) in [4.78, 5) is 23.3. The summed E-state index contributed by atoms with van der Waals surface area (Å²) in [6.07, 6.45) is 3.82. The van der Waals surface area contributed by atoms with Crippen LogP contribution in [0.15, 0.2) is 46.0 Å². The molecule has 9 nitrogen and oxygen atoms in total. The first-order valence-electron chi connectivity index (χ1n) is 11.5. The number of carbonyl (C=O) groups excluding carboxylic acids is 1. The van der Waals surface area contributed by atoms with Gasteiger partial charge in [-0.05, 0) is 100.0 Å². The number of amides is 1. The number of carbonyl (C=O) groups is 1. The molecule has 1 aliphatic rings. The van der Waals surface area contributed by atoms with Crippen molar-refractivity contribution in [3.05, 3.63) is 46.7 Å². The van der Waals surface area contributed by atoms with Crippen LogP contribution in [0.4, 0.5) is 10.6 Å². The van der Waals surface area contributed by atoms with Crippen molar-refractivity contribution < 1.29 is 17.9 Å². The van der Waals surface area contributed by atoms with Crippen LogP contribution >= 0.6 is 15.9 Å². The third-order valence-electron chi connectivity index (χ3n) is 5.88. The maximum atomic E-state index is 12.8. The highest BCUT2D eigenvalue weighted by Crippen LogP contribution is 2.37. The lowest BCUT2D eigenvalue weighted by molar-refractivity contribution is 0.0130. The van der Waals surface area contributed by atoms with E-state index in [1.807, 2.05) is 37.8 Å². The van der Waals surface area contributed by atoms with Crippen molar-refractivity contribution in [3.8, 4) is 0 Å². The average molecular weight is 569 g/mol. The maximum Gasteiger partial charge on any atom is 0.410 e. The molecule has 0 saturated carbocycles. The van der Waals surface area contributed by atoms with Gasteiger partial charge < -0.3 is 15.0 Å². The Morgan fingerprint density at radius 2 is 2.03 bits per heavy atom. The van der Waals surface area contributed by atoms with Gasteiger partial charge in [-0.25, -0.2) is 23.3 Å². The number of likely N-dealkylation sites (tertiary alicyclic amines) is 1. The second-order valence-corrected chi connectivity index (χ2v) is 13.0. The number of halogens is 1. The fourth-order valence-corrected chi connectivity index (χ4v) is 5.07. The first kappa shape index (κ1) is 27.3. The van der Waals surface area contributed by atoms with Crippen LogP contribution < -0.4 is 10.5 Å². The molecule has 2 atom stereocenters. The minimum absolute atomic E-state index is 0.199. The number of nitrogens with one attached hydrogen (secondary N) is 1. The number of sulfonamides is 1. The summed E-state index contributed by atoms with van der Waals surface area (Å²) in [6, 6.07) is 8.26. The van der Waals surface area contributed by atoms with E-state index in [2.05, 4.69) is 45.1 Å². The molecule has 1 fully saturated rings. The third kappa shape index (κ3) is 7.62. The van der Waals surface area contributed by atoms with Crippen LogP contribution in [0.1, 0.15) is 65.6 Å². The van der Waals surface area contributed by atoms with Gasteiger partial charge in [-0.1, -0.05) is 6.07 Å². The van der Waals surface area contributed by atoms with Crippen LogP contribution in [0.5, 0.6) is 0 Å². The Bertz CT molecular complexity index is 1150. The smallest absolute Gasteiger partial charge is 0.410 e. The molecule has 2 aromatic heterocycles. The summed E-state index contributed by atoms with van der Waals surface area (Å²) in [7, 11) is -3.92. The molecule has 0 aromatic carbocycles. The highest BCUT2D eigenvalue weighted by atomic mass is 79.9. The van der Waals surface area contributed by atoms with Crippen LogP contribution in [-0.2, 0) is 14.8 Å². The molecule has 0 aliphatic carbocycles. The molecule has 2 aromatic rings. The van der Waals surface area contributed by atoms with Gasteiger partial charge in [0.25, 0.3) is 10.0 Å². The van der Waals surface area contributed by atoms with Crippen molar-refractivity contribution in [3.63, 3.8) is 0 Å². The quantitative estimate of drug-likeness (QED) is 0.489. The predicted octanol–water partition coefficient (Wildman–Crippen LogP) is 4.86. The molecule has 3 N–H and O–H groups in total. The summed E-state index contributed by atoms with van der Waals surface area (Å²) >= 11 is 3.41. The van der Waals surface area contributed by atoms with E-state index >= 15 is 0 Å². The van der Waals surface area contributed by atoms with Gasteiger partial charge in [-0.3, -0.25) is 4.98 Å². The zero-order valence-electron chi connectivity index (χ0n) is 20.8. The van der Waals surface area contributed by atoms with E-state index < -0.39 is 15.6 Å². The molecule has 0 radical (unpaired) electrons. The standard InChI is InChI=1S/C24H34BrN5O4S/c1-23(2,3)34-22(31)30-15-16(13-24(30,4)5)9-11-19(18-12-10-17(25)14-27-18)28-20-7-6-8-21(29-20)35(26,32)33/h6-8,10,12,14,16,19H,9,11,13,15H2,1-5H3,(H,28,29)(H2,26,32,33)/t16-,19?/m0/s1. The van der Waals surface area contributed by atoms with E-state index in [0.717, 1.165) is 23.0 Å². The molecule has 0 spiro atoms. The number of nitrogens with zero attached hydrogens (tertiary/aromatic N) is 3. The Morgan fingerprint density at radius 1 is 1.31 bits per heavy atom. The lowest BCUT2D eigenvalue weighted by Gasteiger charge is -2.33. The number of ether oxygens (including phenoxy) is 1. The van der Waals surface area contributed by atoms with Gasteiger partial charge in [0, 0.05) is 22.8 Å². The summed E-state index contributed by atoms with van der Waals surface area (Å²) in [5.74, 6) is 0.675. The highest BCUT2D eigenvalue weighted by molar-refractivity contribution is 9.10. The van der Waals surface area contributed by atoms with Gasteiger partial charge in [-0.2, -0.15) is 0 Å². The van der Waals surface area contributed by atoms with Crippen molar-refractivity contribution in [1.29, 1.82) is 0 Å². The van der Waals surface area contributed by atoms with Crippen LogP contribution in [0.3, 0.4) is 0 Å². The number of pyridine rings is 2. The number of hydrogen-bond donors (Lipinski definition) is 2. The number of anilines is 1. The number of aromatic nitrogens is 2. The maximum absolute atomic E-state index is 12.8. The zero-order chi connectivity index (χ0) is 26.0. The van der Waals surface area contributed by atoms with Gasteiger partial charge in [0.2, 0.25) is 0 Å². The monoisotopic (exact) mass is 567 g/mol.